The molecule has 0 atom stereocenters. The molecule has 2 aromatic rings. The van der Waals surface area contributed by atoms with Crippen molar-refractivity contribution in [3.05, 3.63) is 69.7 Å². The van der Waals surface area contributed by atoms with Gasteiger partial charge in [0.1, 0.15) is 6.61 Å². The van der Waals surface area contributed by atoms with E-state index in [1.54, 1.807) is 6.92 Å². The van der Waals surface area contributed by atoms with Gasteiger partial charge in [-0.2, -0.15) is 0 Å². The Bertz CT molecular complexity index is 921. The number of hydrogen-bond acceptors (Lipinski definition) is 4. The van der Waals surface area contributed by atoms with Crippen molar-refractivity contribution in [1.29, 1.82) is 0 Å². The van der Waals surface area contributed by atoms with Crippen LogP contribution < -0.4 is 0 Å². The van der Waals surface area contributed by atoms with Gasteiger partial charge in [0, 0.05) is 21.4 Å². The zero-order valence-corrected chi connectivity index (χ0v) is 17.3. The molecule has 0 radical (unpaired) electrons. The van der Waals surface area contributed by atoms with Crippen LogP contribution in [0.3, 0.4) is 0 Å². The molecule has 1 saturated carbocycles. The number of rotatable bonds is 6. The maximum atomic E-state index is 11.9. The average molecular weight is 441 g/mol. The lowest BCUT2D eigenvalue weighted by Crippen LogP contribution is -2.16. The maximum absolute atomic E-state index is 11.9. The third-order valence-corrected chi connectivity index (χ3v) is 5.13. The monoisotopic (exact) mass is 440 g/mol. The van der Waals surface area contributed by atoms with Crippen LogP contribution in [0.1, 0.15) is 42.9 Å². The molecule has 0 saturated heterocycles. The van der Waals surface area contributed by atoms with Crippen LogP contribution in [0, 0.1) is 11.8 Å². The lowest BCUT2D eigenvalue weighted by molar-refractivity contribution is -0.143. The van der Waals surface area contributed by atoms with Gasteiger partial charge in [-0.25, -0.2) is 4.79 Å². The molecule has 0 spiro atoms. The van der Waals surface area contributed by atoms with E-state index in [0.717, 1.165) is 28.4 Å². The first-order valence-corrected chi connectivity index (χ1v) is 9.99. The summed E-state index contributed by atoms with van der Waals surface area (Å²) in [5.41, 5.74) is 2.48. The van der Waals surface area contributed by atoms with Crippen molar-refractivity contribution in [1.82, 2.24) is 0 Å². The second-order valence-electron chi connectivity index (χ2n) is 6.80. The van der Waals surface area contributed by atoms with E-state index in [0.29, 0.717) is 18.6 Å². The van der Waals surface area contributed by atoms with Gasteiger partial charge in [0.2, 0.25) is 0 Å². The van der Waals surface area contributed by atoms with Crippen LogP contribution in [0.2, 0.25) is 0 Å². The van der Waals surface area contributed by atoms with Gasteiger partial charge in [0.15, 0.2) is 0 Å². The van der Waals surface area contributed by atoms with Crippen LogP contribution >= 0.6 is 15.9 Å². The van der Waals surface area contributed by atoms with Crippen LogP contribution in [0.25, 0.3) is 0 Å². The van der Waals surface area contributed by atoms with Crippen molar-refractivity contribution in [3.63, 3.8) is 0 Å². The summed E-state index contributed by atoms with van der Waals surface area (Å²) in [6.45, 7) is 2.39. The molecule has 5 heteroatoms. The average Bonchev–Trinajstić information content (AvgIpc) is 3.46. The lowest BCUT2D eigenvalue weighted by atomic mass is 9.91. The van der Waals surface area contributed by atoms with E-state index in [1.165, 1.54) is 0 Å². The summed E-state index contributed by atoms with van der Waals surface area (Å²) < 4.78 is 11.1. The molecule has 0 unspecified atom stereocenters. The second kappa shape index (κ2) is 9.07. The van der Waals surface area contributed by atoms with Crippen molar-refractivity contribution in [2.45, 2.75) is 38.2 Å². The lowest BCUT2D eigenvalue weighted by Gasteiger charge is -2.15. The van der Waals surface area contributed by atoms with Crippen molar-refractivity contribution in [2.24, 2.45) is 0 Å². The minimum Gasteiger partial charge on any atom is -0.466 e. The highest BCUT2D eigenvalue weighted by molar-refractivity contribution is 9.10. The van der Waals surface area contributed by atoms with Crippen molar-refractivity contribution in [3.8, 4) is 11.8 Å². The second-order valence-corrected chi connectivity index (χ2v) is 7.72. The minimum atomic E-state index is -0.571. The van der Waals surface area contributed by atoms with Gasteiger partial charge in [-0.15, -0.1) is 0 Å². The van der Waals surface area contributed by atoms with Crippen LogP contribution in [-0.4, -0.2) is 18.5 Å². The van der Waals surface area contributed by atoms with Gasteiger partial charge >= 0.3 is 11.9 Å². The highest BCUT2D eigenvalue weighted by Crippen LogP contribution is 2.51. The van der Waals surface area contributed by atoms with Gasteiger partial charge in [0.25, 0.3) is 0 Å². The standard InChI is InChI=1S/C23H21BrO4/c1-2-27-22(26)15-23(10-11-23)19-12-18(13-20(24)14-19)8-9-21(25)28-16-17-6-4-3-5-7-17/h3-7,12-14H,2,10-11,15-16H2,1H3. The van der Waals surface area contributed by atoms with Crippen LogP contribution in [0.5, 0.6) is 0 Å². The SMILES string of the molecule is CCOC(=O)CC1(c2cc(Br)cc(C#CC(=O)OCc3ccccc3)c2)CC1. The molecule has 0 heterocycles. The molecule has 2 aromatic carbocycles. The molecule has 1 aliphatic carbocycles. The van der Waals surface area contributed by atoms with E-state index in [2.05, 4.69) is 27.8 Å². The third kappa shape index (κ3) is 5.46. The number of ether oxygens (including phenoxy) is 2. The minimum absolute atomic E-state index is 0.180. The Labute approximate surface area is 173 Å². The number of carbonyl (C=O) groups is 2. The molecule has 1 aliphatic rings. The van der Waals surface area contributed by atoms with Crippen LogP contribution in [0.4, 0.5) is 0 Å². The zero-order valence-electron chi connectivity index (χ0n) is 15.7. The molecular weight excluding hydrogens is 420 g/mol. The van der Waals surface area contributed by atoms with Gasteiger partial charge in [0.05, 0.1) is 13.0 Å². The Morgan fingerprint density at radius 2 is 1.86 bits per heavy atom. The molecular formula is C23H21BrO4. The molecule has 3 rings (SSSR count). The number of esters is 2. The molecule has 0 aromatic heterocycles. The van der Waals surface area contributed by atoms with Gasteiger partial charge in [-0.1, -0.05) is 52.2 Å². The predicted molar refractivity (Wildman–Crippen MR) is 109 cm³/mol. The molecule has 1 fully saturated rings. The topological polar surface area (TPSA) is 52.6 Å². The van der Waals surface area contributed by atoms with Crippen molar-refractivity contribution >= 4 is 27.9 Å². The largest absolute Gasteiger partial charge is 0.466 e. The van der Waals surface area contributed by atoms with E-state index in [-0.39, 0.29) is 18.0 Å². The fraction of sp³-hybridized carbons (Fsp3) is 0.304. The van der Waals surface area contributed by atoms with E-state index in [9.17, 15) is 9.59 Å². The predicted octanol–water partition coefficient (Wildman–Crippen LogP) is 4.53. The smallest absolute Gasteiger partial charge is 0.385 e. The van der Waals surface area contributed by atoms with Crippen molar-refractivity contribution < 1.29 is 19.1 Å². The summed E-state index contributed by atoms with van der Waals surface area (Å²) in [5, 5.41) is 0. The molecule has 4 nitrogen and oxygen atoms in total. The highest BCUT2D eigenvalue weighted by Gasteiger charge is 2.46. The Balaban J connectivity index is 1.68. The first-order valence-electron chi connectivity index (χ1n) is 9.20. The molecule has 144 valence electrons. The maximum Gasteiger partial charge on any atom is 0.385 e. The Morgan fingerprint density at radius 1 is 1.11 bits per heavy atom. The van der Waals surface area contributed by atoms with Gasteiger partial charge < -0.3 is 9.47 Å². The van der Waals surface area contributed by atoms with E-state index in [4.69, 9.17) is 9.47 Å². The van der Waals surface area contributed by atoms with Gasteiger partial charge in [-0.05, 0) is 49.1 Å². The number of hydrogen-bond donors (Lipinski definition) is 0. The Hall–Kier alpha value is -2.58. The van der Waals surface area contributed by atoms with E-state index in [1.807, 2.05) is 48.5 Å². The number of benzene rings is 2. The summed E-state index contributed by atoms with van der Waals surface area (Å²) in [4.78, 5) is 23.8. The summed E-state index contributed by atoms with van der Waals surface area (Å²) in [7, 11) is 0. The third-order valence-electron chi connectivity index (χ3n) is 4.67. The van der Waals surface area contributed by atoms with Crippen LogP contribution in [0.15, 0.2) is 53.0 Å². The molecule has 28 heavy (non-hydrogen) atoms. The Morgan fingerprint density at radius 3 is 2.54 bits per heavy atom. The fourth-order valence-corrected chi connectivity index (χ4v) is 3.55. The summed E-state index contributed by atoms with van der Waals surface area (Å²) in [6, 6.07) is 15.3. The highest BCUT2D eigenvalue weighted by atomic mass is 79.9. The van der Waals surface area contributed by atoms with Crippen molar-refractivity contribution in [2.75, 3.05) is 6.61 Å². The van der Waals surface area contributed by atoms with Gasteiger partial charge in [-0.3, -0.25) is 4.79 Å². The number of halogens is 1. The molecule has 0 aliphatic heterocycles. The van der Waals surface area contributed by atoms with E-state index < -0.39 is 5.97 Å². The molecule has 0 bridgehead atoms. The summed E-state index contributed by atoms with van der Waals surface area (Å²) >= 11 is 3.50. The fourth-order valence-electron chi connectivity index (χ4n) is 3.06. The normalized spacial score (nSPS) is 13.8. The Kier molecular flexibility index (Phi) is 6.53. The zero-order chi connectivity index (χ0) is 20.0. The van der Waals surface area contributed by atoms with Crippen LogP contribution in [-0.2, 0) is 31.1 Å². The summed E-state index contributed by atoms with van der Waals surface area (Å²) in [5.74, 6) is 4.65. The summed E-state index contributed by atoms with van der Waals surface area (Å²) in [6.07, 6.45) is 2.24. The van der Waals surface area contributed by atoms with E-state index >= 15 is 0 Å². The number of carbonyl (C=O) groups excluding carboxylic acids is 2. The molecule has 0 amide bonds. The quantitative estimate of drug-likeness (QED) is 0.489. The first kappa shape index (κ1) is 20.2. The molecule has 0 N–H and O–H groups in total. The first-order chi connectivity index (χ1) is 13.5.